The lowest BCUT2D eigenvalue weighted by atomic mass is 10.1. The van der Waals surface area contributed by atoms with Crippen LogP contribution >= 0.6 is 0 Å². The Morgan fingerprint density at radius 3 is 3.06 bits per heavy atom. The van der Waals surface area contributed by atoms with Gasteiger partial charge < -0.3 is 14.6 Å². The van der Waals surface area contributed by atoms with Crippen molar-refractivity contribution in [3.63, 3.8) is 0 Å². The molecule has 1 aromatic heterocycles. The van der Waals surface area contributed by atoms with Crippen LogP contribution in [-0.2, 0) is 17.6 Å². The second-order valence-corrected chi connectivity index (χ2v) is 4.96. The summed E-state index contributed by atoms with van der Waals surface area (Å²) >= 11 is 0. The first kappa shape index (κ1) is 13.5. The zero-order valence-electron chi connectivity index (χ0n) is 11.3. The molecule has 102 valence electrons. The van der Waals surface area contributed by atoms with E-state index in [4.69, 9.17) is 9.26 Å². The number of aromatic nitrogens is 2. The van der Waals surface area contributed by atoms with Gasteiger partial charge in [-0.1, -0.05) is 12.1 Å². The quantitative estimate of drug-likeness (QED) is 0.836. The topological polar surface area (TPSA) is 60.2 Å². The zero-order chi connectivity index (χ0) is 12.8. The van der Waals surface area contributed by atoms with Crippen molar-refractivity contribution in [3.8, 4) is 0 Å². The number of ether oxygens (including phenoxy) is 1. The lowest BCUT2D eigenvalue weighted by molar-refractivity contribution is 0.0153. The summed E-state index contributed by atoms with van der Waals surface area (Å²) in [6.45, 7) is 6.04. The van der Waals surface area contributed by atoms with Crippen LogP contribution in [0.15, 0.2) is 4.52 Å². The van der Waals surface area contributed by atoms with Crippen LogP contribution in [0, 0.1) is 0 Å². The van der Waals surface area contributed by atoms with Gasteiger partial charge in [-0.3, -0.25) is 0 Å². The third-order valence-electron chi connectivity index (χ3n) is 3.23. The Morgan fingerprint density at radius 2 is 2.33 bits per heavy atom. The number of nitrogens with zero attached hydrogens (tertiary/aromatic N) is 2. The summed E-state index contributed by atoms with van der Waals surface area (Å²) in [5.41, 5.74) is 0. The molecule has 0 radical (unpaired) electrons. The highest BCUT2D eigenvalue weighted by Crippen LogP contribution is 2.16. The Labute approximate surface area is 108 Å². The van der Waals surface area contributed by atoms with E-state index in [1.807, 2.05) is 0 Å². The summed E-state index contributed by atoms with van der Waals surface area (Å²) in [7, 11) is 0. The van der Waals surface area contributed by atoms with Crippen LogP contribution in [0.25, 0.3) is 0 Å². The fourth-order valence-corrected chi connectivity index (χ4v) is 2.31. The number of hydrogen-bond acceptors (Lipinski definition) is 5. The van der Waals surface area contributed by atoms with Crippen LogP contribution in [0.4, 0.5) is 0 Å². The van der Waals surface area contributed by atoms with Gasteiger partial charge in [-0.25, -0.2) is 0 Å². The normalized spacial score (nSPS) is 22.0. The average Bonchev–Trinajstić information content (AvgIpc) is 2.78. The minimum atomic E-state index is 0.274. The molecule has 0 spiro atoms. The molecule has 1 aliphatic heterocycles. The molecule has 0 saturated carbocycles. The maximum atomic E-state index is 5.68. The molecular weight excluding hydrogens is 230 g/mol. The summed E-state index contributed by atoms with van der Waals surface area (Å²) < 4.78 is 10.9. The molecule has 0 aromatic carbocycles. The SMILES string of the molecule is CCNC(C)Cc1nc(CC2CCCCO2)no1. The van der Waals surface area contributed by atoms with Crippen LogP contribution in [0.3, 0.4) is 0 Å². The standard InChI is InChI=1S/C13H23N3O2/c1-3-14-10(2)8-13-15-12(16-18-13)9-11-6-4-5-7-17-11/h10-11,14H,3-9H2,1-2H3. The van der Waals surface area contributed by atoms with Crippen molar-refractivity contribution in [1.29, 1.82) is 0 Å². The van der Waals surface area contributed by atoms with E-state index in [9.17, 15) is 0 Å². The molecule has 0 bridgehead atoms. The Kier molecular flexibility index (Phi) is 5.13. The van der Waals surface area contributed by atoms with E-state index >= 15 is 0 Å². The van der Waals surface area contributed by atoms with E-state index in [0.717, 1.165) is 38.2 Å². The number of rotatable bonds is 6. The first-order chi connectivity index (χ1) is 8.78. The first-order valence-corrected chi connectivity index (χ1v) is 6.94. The highest BCUT2D eigenvalue weighted by molar-refractivity contribution is 4.91. The molecule has 1 fully saturated rings. The van der Waals surface area contributed by atoms with E-state index in [1.165, 1.54) is 12.8 Å². The Hall–Kier alpha value is -0.940. The molecule has 0 amide bonds. The number of nitrogens with one attached hydrogen (secondary N) is 1. The van der Waals surface area contributed by atoms with E-state index in [0.29, 0.717) is 11.9 Å². The van der Waals surface area contributed by atoms with Gasteiger partial charge in [0.1, 0.15) is 0 Å². The van der Waals surface area contributed by atoms with Crippen LogP contribution in [0.2, 0.25) is 0 Å². The maximum Gasteiger partial charge on any atom is 0.228 e. The van der Waals surface area contributed by atoms with E-state index < -0.39 is 0 Å². The third-order valence-corrected chi connectivity index (χ3v) is 3.23. The van der Waals surface area contributed by atoms with Gasteiger partial charge >= 0.3 is 0 Å². The van der Waals surface area contributed by atoms with Gasteiger partial charge in [0.2, 0.25) is 5.89 Å². The largest absolute Gasteiger partial charge is 0.378 e. The van der Waals surface area contributed by atoms with Gasteiger partial charge in [-0.05, 0) is 32.7 Å². The predicted octanol–water partition coefficient (Wildman–Crippen LogP) is 1.72. The van der Waals surface area contributed by atoms with Gasteiger partial charge in [0, 0.05) is 25.5 Å². The molecule has 0 aliphatic carbocycles. The molecule has 2 unspecified atom stereocenters. The van der Waals surface area contributed by atoms with Crippen LogP contribution in [0.5, 0.6) is 0 Å². The second kappa shape index (κ2) is 6.85. The molecule has 2 atom stereocenters. The Morgan fingerprint density at radius 1 is 1.44 bits per heavy atom. The maximum absolute atomic E-state index is 5.68. The Bertz CT molecular complexity index is 348. The lowest BCUT2D eigenvalue weighted by Gasteiger charge is -2.20. The summed E-state index contributed by atoms with van der Waals surface area (Å²) in [5.74, 6) is 1.50. The van der Waals surface area contributed by atoms with Crippen molar-refractivity contribution in [2.45, 2.75) is 58.1 Å². The van der Waals surface area contributed by atoms with Crippen molar-refractivity contribution >= 4 is 0 Å². The smallest absolute Gasteiger partial charge is 0.228 e. The molecule has 1 N–H and O–H groups in total. The van der Waals surface area contributed by atoms with Gasteiger partial charge in [0.15, 0.2) is 5.82 Å². The van der Waals surface area contributed by atoms with Gasteiger partial charge in [-0.2, -0.15) is 4.98 Å². The second-order valence-electron chi connectivity index (χ2n) is 4.96. The molecule has 2 heterocycles. The van der Waals surface area contributed by atoms with Crippen molar-refractivity contribution < 1.29 is 9.26 Å². The van der Waals surface area contributed by atoms with Gasteiger partial charge in [-0.15, -0.1) is 0 Å². The fraction of sp³-hybridized carbons (Fsp3) is 0.846. The van der Waals surface area contributed by atoms with Gasteiger partial charge in [0.05, 0.1) is 6.10 Å². The predicted molar refractivity (Wildman–Crippen MR) is 68.4 cm³/mol. The monoisotopic (exact) mass is 253 g/mol. The zero-order valence-corrected chi connectivity index (χ0v) is 11.3. The number of likely N-dealkylation sites (N-methyl/N-ethyl adjacent to an activating group) is 1. The summed E-state index contributed by atoms with van der Waals surface area (Å²) in [6.07, 6.45) is 5.36. The van der Waals surface area contributed by atoms with Crippen molar-refractivity contribution in [3.05, 3.63) is 11.7 Å². The summed E-state index contributed by atoms with van der Waals surface area (Å²) in [5, 5.41) is 7.36. The fourth-order valence-electron chi connectivity index (χ4n) is 2.31. The molecule has 5 heteroatoms. The molecule has 5 nitrogen and oxygen atoms in total. The van der Waals surface area contributed by atoms with Crippen molar-refractivity contribution in [1.82, 2.24) is 15.5 Å². The number of hydrogen-bond donors (Lipinski definition) is 1. The van der Waals surface area contributed by atoms with Crippen LogP contribution in [-0.4, -0.2) is 35.4 Å². The van der Waals surface area contributed by atoms with Gasteiger partial charge in [0.25, 0.3) is 0 Å². The van der Waals surface area contributed by atoms with Crippen molar-refractivity contribution in [2.24, 2.45) is 0 Å². The minimum Gasteiger partial charge on any atom is -0.378 e. The Balaban J connectivity index is 1.81. The summed E-state index contributed by atoms with van der Waals surface area (Å²) in [4.78, 5) is 4.43. The molecule has 18 heavy (non-hydrogen) atoms. The lowest BCUT2D eigenvalue weighted by Crippen LogP contribution is -2.27. The first-order valence-electron chi connectivity index (χ1n) is 6.94. The van der Waals surface area contributed by atoms with Crippen LogP contribution in [0.1, 0.15) is 44.8 Å². The van der Waals surface area contributed by atoms with Crippen molar-refractivity contribution in [2.75, 3.05) is 13.2 Å². The van der Waals surface area contributed by atoms with E-state index in [-0.39, 0.29) is 6.10 Å². The highest BCUT2D eigenvalue weighted by Gasteiger charge is 2.18. The molecule has 1 saturated heterocycles. The molecular formula is C13H23N3O2. The molecule has 1 aromatic rings. The highest BCUT2D eigenvalue weighted by atomic mass is 16.5. The van der Waals surface area contributed by atoms with E-state index in [2.05, 4.69) is 29.3 Å². The summed E-state index contributed by atoms with van der Waals surface area (Å²) in [6, 6.07) is 0.370. The third kappa shape index (κ3) is 4.07. The molecule has 2 rings (SSSR count). The van der Waals surface area contributed by atoms with Crippen LogP contribution < -0.4 is 5.32 Å². The minimum absolute atomic E-state index is 0.274. The average molecular weight is 253 g/mol. The molecule has 1 aliphatic rings. The van der Waals surface area contributed by atoms with E-state index in [1.54, 1.807) is 0 Å².